The molecule has 1 aromatic heterocycles. The third kappa shape index (κ3) is 1.49. The summed E-state index contributed by atoms with van der Waals surface area (Å²) in [7, 11) is 0. The fourth-order valence-electron chi connectivity index (χ4n) is 4.15. The number of anilines is 1. The Hall–Kier alpha value is -0.770. The molecule has 4 atom stereocenters. The Labute approximate surface area is 105 Å². The number of aromatic nitrogens is 2. The van der Waals surface area contributed by atoms with E-state index in [2.05, 4.69) is 15.5 Å². The van der Waals surface area contributed by atoms with E-state index in [0.29, 0.717) is 30.2 Å². The van der Waals surface area contributed by atoms with Crippen molar-refractivity contribution in [3.8, 4) is 0 Å². The maximum atomic E-state index is 5.64. The van der Waals surface area contributed by atoms with Crippen LogP contribution in [0.3, 0.4) is 0 Å². The van der Waals surface area contributed by atoms with E-state index >= 15 is 0 Å². The number of halogens is 1. The zero-order valence-corrected chi connectivity index (χ0v) is 10.4. The Morgan fingerprint density at radius 1 is 1.24 bits per heavy atom. The summed E-state index contributed by atoms with van der Waals surface area (Å²) in [5.41, 5.74) is 0. The Morgan fingerprint density at radius 3 is 2.71 bits per heavy atom. The molecule has 0 amide bonds. The first-order chi connectivity index (χ1) is 8.36. The minimum Gasteiger partial charge on any atom is -0.408 e. The topological polar surface area (TPSA) is 51.0 Å². The summed E-state index contributed by atoms with van der Waals surface area (Å²) in [6.45, 7) is 0. The van der Waals surface area contributed by atoms with E-state index < -0.39 is 0 Å². The highest BCUT2D eigenvalue weighted by atomic mass is 35.5. The molecular weight excluding hydrogens is 238 g/mol. The van der Waals surface area contributed by atoms with Gasteiger partial charge in [0.25, 0.3) is 0 Å². The van der Waals surface area contributed by atoms with Crippen LogP contribution in [-0.2, 0) is 6.42 Å². The molecule has 3 saturated carbocycles. The van der Waals surface area contributed by atoms with Crippen LogP contribution >= 0.6 is 11.6 Å². The van der Waals surface area contributed by atoms with Crippen LogP contribution < -0.4 is 5.32 Å². The quantitative estimate of drug-likeness (QED) is 0.837. The number of fused-ring (bicyclic) bond motifs is 5. The van der Waals surface area contributed by atoms with Crippen molar-refractivity contribution in [3.63, 3.8) is 0 Å². The first-order valence-corrected chi connectivity index (χ1v) is 7.05. The van der Waals surface area contributed by atoms with Gasteiger partial charge in [-0.25, -0.2) is 0 Å². The summed E-state index contributed by atoms with van der Waals surface area (Å²) in [4.78, 5) is 0. The van der Waals surface area contributed by atoms with Crippen LogP contribution in [0.2, 0.25) is 0 Å². The molecule has 3 aliphatic rings. The van der Waals surface area contributed by atoms with Gasteiger partial charge < -0.3 is 9.73 Å². The molecule has 1 N–H and O–H groups in total. The minimum atomic E-state index is 0.528. The Balaban J connectivity index is 1.42. The second-order valence-corrected chi connectivity index (χ2v) is 5.98. The first kappa shape index (κ1) is 10.2. The molecule has 0 aliphatic heterocycles. The van der Waals surface area contributed by atoms with Crippen LogP contribution in [0.1, 0.15) is 25.2 Å². The highest BCUT2D eigenvalue weighted by Gasteiger charge is 2.65. The Morgan fingerprint density at radius 2 is 2.00 bits per heavy atom. The summed E-state index contributed by atoms with van der Waals surface area (Å²) in [6.07, 6.45) is 4.99. The van der Waals surface area contributed by atoms with Gasteiger partial charge in [-0.05, 0) is 42.9 Å². The highest BCUT2D eigenvalue weighted by molar-refractivity contribution is 6.17. The van der Waals surface area contributed by atoms with Crippen molar-refractivity contribution in [3.05, 3.63) is 5.89 Å². The molecule has 3 aliphatic carbocycles. The van der Waals surface area contributed by atoms with E-state index in [4.69, 9.17) is 16.0 Å². The lowest BCUT2D eigenvalue weighted by atomic mass is 10.0. The van der Waals surface area contributed by atoms with Crippen molar-refractivity contribution in [2.24, 2.45) is 23.7 Å². The molecule has 92 valence electrons. The number of hydrogen-bond acceptors (Lipinski definition) is 4. The molecule has 2 bridgehead atoms. The lowest BCUT2D eigenvalue weighted by Gasteiger charge is -2.07. The van der Waals surface area contributed by atoms with Crippen LogP contribution in [0.5, 0.6) is 0 Å². The zero-order chi connectivity index (χ0) is 11.4. The van der Waals surface area contributed by atoms with Gasteiger partial charge in [0.15, 0.2) is 0 Å². The van der Waals surface area contributed by atoms with E-state index in [-0.39, 0.29) is 0 Å². The van der Waals surface area contributed by atoms with E-state index in [1.54, 1.807) is 0 Å². The fraction of sp³-hybridized carbons (Fsp3) is 0.833. The molecule has 5 heteroatoms. The van der Waals surface area contributed by atoms with Gasteiger partial charge in [0.05, 0.1) is 0 Å². The second kappa shape index (κ2) is 3.61. The molecule has 4 rings (SSSR count). The predicted octanol–water partition coefficient (Wildman–Crippen LogP) is 2.31. The summed E-state index contributed by atoms with van der Waals surface area (Å²) >= 11 is 5.64. The molecular formula is C12H16ClN3O. The molecule has 0 aromatic carbocycles. The molecule has 0 spiro atoms. The summed E-state index contributed by atoms with van der Waals surface area (Å²) < 4.78 is 5.51. The molecule has 4 unspecified atom stereocenters. The van der Waals surface area contributed by atoms with E-state index in [1.165, 1.54) is 19.3 Å². The van der Waals surface area contributed by atoms with Gasteiger partial charge in [-0.3, -0.25) is 0 Å². The average Bonchev–Trinajstić information content (AvgIpc) is 2.76. The van der Waals surface area contributed by atoms with Crippen molar-refractivity contribution < 1.29 is 4.42 Å². The number of alkyl halides is 1. The molecule has 17 heavy (non-hydrogen) atoms. The number of rotatable bonds is 4. The van der Waals surface area contributed by atoms with Gasteiger partial charge >= 0.3 is 6.01 Å². The summed E-state index contributed by atoms with van der Waals surface area (Å²) in [5, 5.41) is 11.4. The number of hydrogen-bond donors (Lipinski definition) is 1. The van der Waals surface area contributed by atoms with Crippen molar-refractivity contribution >= 4 is 17.6 Å². The number of nitrogens with one attached hydrogen (secondary N) is 1. The molecule has 3 fully saturated rings. The molecule has 1 aromatic rings. The van der Waals surface area contributed by atoms with E-state index in [9.17, 15) is 0 Å². The standard InChI is InChI=1S/C12H16ClN3O/c13-4-3-8-15-16-12(17-8)14-11-9-6-1-2-7(5-6)10(9)11/h6-7,9-11H,1-5H2,(H,14,16). The first-order valence-electron chi connectivity index (χ1n) is 6.51. The van der Waals surface area contributed by atoms with Crippen LogP contribution in [0.4, 0.5) is 6.01 Å². The van der Waals surface area contributed by atoms with Gasteiger partial charge in [-0.2, -0.15) is 0 Å². The smallest absolute Gasteiger partial charge is 0.315 e. The van der Waals surface area contributed by atoms with Crippen LogP contribution in [-0.4, -0.2) is 22.1 Å². The lowest BCUT2D eigenvalue weighted by molar-refractivity contribution is 0.456. The van der Waals surface area contributed by atoms with Crippen LogP contribution in [0.25, 0.3) is 0 Å². The number of nitrogens with zero attached hydrogens (tertiary/aromatic N) is 2. The second-order valence-electron chi connectivity index (χ2n) is 5.60. The molecule has 1 heterocycles. The van der Waals surface area contributed by atoms with Gasteiger partial charge in [-0.1, -0.05) is 5.10 Å². The summed E-state index contributed by atoms with van der Waals surface area (Å²) in [6, 6.07) is 1.19. The van der Waals surface area contributed by atoms with Crippen molar-refractivity contribution in [2.45, 2.75) is 31.7 Å². The fourth-order valence-corrected chi connectivity index (χ4v) is 4.32. The lowest BCUT2D eigenvalue weighted by Crippen LogP contribution is -2.12. The van der Waals surface area contributed by atoms with Gasteiger partial charge in [0.2, 0.25) is 5.89 Å². The average molecular weight is 254 g/mol. The predicted molar refractivity (Wildman–Crippen MR) is 63.9 cm³/mol. The largest absolute Gasteiger partial charge is 0.408 e. The van der Waals surface area contributed by atoms with Gasteiger partial charge in [0.1, 0.15) is 0 Å². The molecule has 0 radical (unpaired) electrons. The van der Waals surface area contributed by atoms with Crippen molar-refractivity contribution in [2.75, 3.05) is 11.2 Å². The third-order valence-electron chi connectivity index (χ3n) is 4.80. The third-order valence-corrected chi connectivity index (χ3v) is 4.99. The van der Waals surface area contributed by atoms with Crippen LogP contribution in [0, 0.1) is 23.7 Å². The molecule has 0 saturated heterocycles. The highest BCUT2D eigenvalue weighted by Crippen LogP contribution is 2.66. The van der Waals surface area contributed by atoms with Crippen molar-refractivity contribution in [1.82, 2.24) is 10.2 Å². The maximum absolute atomic E-state index is 5.64. The number of aryl methyl sites for hydroxylation is 1. The monoisotopic (exact) mass is 253 g/mol. The van der Waals surface area contributed by atoms with Crippen LogP contribution in [0.15, 0.2) is 4.42 Å². The van der Waals surface area contributed by atoms with Gasteiger partial charge in [0, 0.05) is 18.3 Å². The normalized spacial score (nSPS) is 41.6. The Bertz CT molecular complexity index is 419. The Kier molecular flexibility index (Phi) is 2.16. The minimum absolute atomic E-state index is 0.528. The van der Waals surface area contributed by atoms with E-state index in [1.807, 2.05) is 0 Å². The maximum Gasteiger partial charge on any atom is 0.315 e. The molecule has 4 nitrogen and oxygen atoms in total. The SMILES string of the molecule is ClCCc1nnc(NC2C3C4CCC(C4)C23)o1. The zero-order valence-electron chi connectivity index (χ0n) is 9.60. The van der Waals surface area contributed by atoms with Crippen molar-refractivity contribution in [1.29, 1.82) is 0 Å². The van der Waals surface area contributed by atoms with Gasteiger partial charge in [-0.15, -0.1) is 16.7 Å². The summed E-state index contributed by atoms with van der Waals surface area (Å²) in [5.74, 6) is 4.87. The van der Waals surface area contributed by atoms with E-state index in [0.717, 1.165) is 23.7 Å².